The number of ether oxygens (including phenoxy) is 4. The maximum Gasteiger partial charge on any atom is 0.144 e. The molecule has 0 amide bonds. The average Bonchev–Trinajstić information content (AvgIpc) is 0.681. The Kier molecular flexibility index (Phi) is 16.5. The second-order valence-corrected chi connectivity index (χ2v) is 26.4. The lowest BCUT2D eigenvalue weighted by Gasteiger charge is -2.31. The average molecular weight is 1250 g/mol. The van der Waals surface area contributed by atoms with Crippen molar-refractivity contribution in [3.8, 4) is 113 Å². The van der Waals surface area contributed by atoms with Crippen molar-refractivity contribution < 1.29 is 18.9 Å². The lowest BCUT2D eigenvalue weighted by molar-refractivity contribution is 0.485. The van der Waals surface area contributed by atoms with Gasteiger partial charge in [-0.15, -0.1) is 0 Å². The summed E-state index contributed by atoms with van der Waals surface area (Å²) in [5.41, 5.74) is 17.5. The predicted octanol–water partition coefficient (Wildman–Crippen LogP) is 27.4. The monoisotopic (exact) mass is 1240 g/mol. The van der Waals surface area contributed by atoms with Crippen LogP contribution in [0.1, 0.15) is 101 Å². The summed E-state index contributed by atoms with van der Waals surface area (Å²) in [7, 11) is 0. The van der Waals surface area contributed by atoms with Gasteiger partial charge in [0.1, 0.15) is 46.0 Å². The van der Waals surface area contributed by atoms with E-state index in [1.165, 1.54) is 33.4 Å². The lowest BCUT2D eigenvalue weighted by atomic mass is 9.75. The van der Waals surface area contributed by atoms with Crippen molar-refractivity contribution in [1.29, 1.82) is 0 Å². The molecule has 15 aromatic rings. The zero-order valence-electron chi connectivity index (χ0n) is 55.7. The van der Waals surface area contributed by atoms with Crippen molar-refractivity contribution in [1.82, 2.24) is 0 Å². The van der Waals surface area contributed by atoms with E-state index in [-0.39, 0.29) is 23.7 Å². The number of hydrogen-bond donors (Lipinski definition) is 0. The molecule has 0 N–H and O–H groups in total. The Hall–Kier alpha value is -11.2. The van der Waals surface area contributed by atoms with Gasteiger partial charge in [0.05, 0.1) is 0 Å². The summed E-state index contributed by atoms with van der Waals surface area (Å²) in [6.07, 6.45) is 0. The van der Waals surface area contributed by atoms with Crippen LogP contribution in [0.25, 0.3) is 110 Å². The third kappa shape index (κ3) is 11.1. The van der Waals surface area contributed by atoms with Gasteiger partial charge in [-0.05, 0) is 139 Å². The van der Waals surface area contributed by atoms with Gasteiger partial charge in [-0.1, -0.05) is 298 Å². The molecule has 0 fully saturated rings. The van der Waals surface area contributed by atoms with E-state index in [1.54, 1.807) is 0 Å². The zero-order valence-corrected chi connectivity index (χ0v) is 55.7. The van der Waals surface area contributed by atoms with Gasteiger partial charge in [0, 0.05) is 65.7 Å². The minimum Gasteiger partial charge on any atom is -0.456 e. The van der Waals surface area contributed by atoms with Crippen LogP contribution in [0.15, 0.2) is 291 Å². The van der Waals surface area contributed by atoms with Gasteiger partial charge in [-0.25, -0.2) is 0 Å². The van der Waals surface area contributed by atoms with E-state index < -0.39 is 0 Å². The lowest BCUT2D eigenvalue weighted by Crippen LogP contribution is -2.07. The molecule has 0 aliphatic rings. The van der Waals surface area contributed by atoms with Crippen molar-refractivity contribution in [2.24, 2.45) is 0 Å². The van der Waals surface area contributed by atoms with E-state index in [4.69, 9.17) is 18.9 Å². The first-order valence-electron chi connectivity index (χ1n) is 33.8. The second kappa shape index (κ2) is 25.9. The van der Waals surface area contributed by atoms with Crippen LogP contribution in [0.5, 0.6) is 46.0 Å². The molecule has 0 bridgehead atoms. The number of rotatable bonds is 18. The molecule has 15 aromatic carbocycles. The SMILES string of the molecule is CC(C)c1cccc(C(C)C)c1-c1c(-c2c(C(C)C)cccc2C(C)C)c2ccc(Oc3ccccc3-c3ccccc3)c3c4c(Oc5ccccc5-c5ccccc5)ccc5ccc(Oc6ccccc6-c6ccccc6)c(c(c1Oc1ccccc1-c1ccccc1)c23)c54. The summed E-state index contributed by atoms with van der Waals surface area (Å²) in [5, 5.41) is 7.43. The highest BCUT2D eigenvalue weighted by Gasteiger charge is 2.35. The first-order valence-corrected chi connectivity index (χ1v) is 33.8. The largest absolute Gasteiger partial charge is 0.456 e. The van der Waals surface area contributed by atoms with E-state index in [0.29, 0.717) is 23.0 Å². The molecule has 0 radical (unpaired) electrons. The normalized spacial score (nSPS) is 11.7. The van der Waals surface area contributed by atoms with Gasteiger partial charge in [0.2, 0.25) is 0 Å². The fourth-order valence-electron chi connectivity index (χ4n) is 14.5. The minimum atomic E-state index is 0.111. The van der Waals surface area contributed by atoms with Crippen LogP contribution in [0, 0.1) is 0 Å². The number of fused-ring (bicyclic) bond motifs is 2. The molecule has 0 heterocycles. The molecule has 468 valence electrons. The van der Waals surface area contributed by atoms with Gasteiger partial charge < -0.3 is 18.9 Å². The van der Waals surface area contributed by atoms with Crippen LogP contribution in [0.3, 0.4) is 0 Å². The summed E-state index contributed by atoms with van der Waals surface area (Å²) in [6.45, 7) is 18.7. The first-order chi connectivity index (χ1) is 47.0. The van der Waals surface area contributed by atoms with E-state index in [0.717, 1.165) is 122 Å². The number of benzene rings is 15. The Balaban J connectivity index is 1.23. The van der Waals surface area contributed by atoms with Gasteiger partial charge in [0.15, 0.2) is 0 Å². The first kappa shape index (κ1) is 61.0. The molecular weight excluding hydrogens is 1170 g/mol. The van der Waals surface area contributed by atoms with Crippen molar-refractivity contribution in [2.45, 2.75) is 79.1 Å². The highest BCUT2D eigenvalue weighted by molar-refractivity contribution is 6.40. The van der Waals surface area contributed by atoms with E-state index in [9.17, 15) is 0 Å². The third-order valence-corrected chi connectivity index (χ3v) is 19.0. The van der Waals surface area contributed by atoms with E-state index >= 15 is 0 Å². The van der Waals surface area contributed by atoms with E-state index in [2.05, 4.69) is 347 Å². The van der Waals surface area contributed by atoms with E-state index in [1.807, 2.05) is 0 Å². The summed E-state index contributed by atoms with van der Waals surface area (Å²) in [6, 6.07) is 103. The van der Waals surface area contributed by atoms with Crippen LogP contribution in [0.4, 0.5) is 0 Å². The van der Waals surface area contributed by atoms with Crippen LogP contribution in [-0.2, 0) is 0 Å². The van der Waals surface area contributed by atoms with Gasteiger partial charge in [-0.3, -0.25) is 0 Å². The van der Waals surface area contributed by atoms with Crippen LogP contribution in [-0.4, -0.2) is 0 Å². The topological polar surface area (TPSA) is 36.9 Å². The van der Waals surface area contributed by atoms with Gasteiger partial charge in [-0.2, -0.15) is 0 Å². The Morgan fingerprint density at radius 3 is 0.844 bits per heavy atom. The molecule has 15 rings (SSSR count). The summed E-state index contributed by atoms with van der Waals surface area (Å²) in [5.74, 6) is 6.05. The highest BCUT2D eigenvalue weighted by atomic mass is 16.5. The van der Waals surface area contributed by atoms with Gasteiger partial charge in [0.25, 0.3) is 0 Å². The van der Waals surface area contributed by atoms with Crippen LogP contribution in [0.2, 0.25) is 0 Å². The van der Waals surface area contributed by atoms with Crippen molar-refractivity contribution in [2.75, 3.05) is 0 Å². The number of para-hydroxylation sites is 4. The molecule has 0 aliphatic carbocycles. The Labute approximate surface area is 564 Å². The fraction of sp³-hybridized carbons (Fsp3) is 0.130. The summed E-state index contributed by atoms with van der Waals surface area (Å²) in [4.78, 5) is 0. The molecule has 4 nitrogen and oxygen atoms in total. The molecule has 0 saturated heterocycles. The maximum absolute atomic E-state index is 8.44. The van der Waals surface area contributed by atoms with Crippen molar-refractivity contribution in [3.05, 3.63) is 313 Å². The molecule has 0 saturated carbocycles. The molecule has 0 aliphatic heterocycles. The smallest absolute Gasteiger partial charge is 0.144 e. The molecule has 0 atom stereocenters. The predicted molar refractivity (Wildman–Crippen MR) is 403 cm³/mol. The Morgan fingerprint density at radius 1 is 0.198 bits per heavy atom. The third-order valence-electron chi connectivity index (χ3n) is 19.0. The molecule has 96 heavy (non-hydrogen) atoms. The summed E-state index contributed by atoms with van der Waals surface area (Å²) >= 11 is 0. The molecule has 4 heteroatoms. The highest BCUT2D eigenvalue weighted by Crippen LogP contribution is 2.62. The van der Waals surface area contributed by atoms with Crippen LogP contribution >= 0.6 is 0 Å². The molecule has 0 unspecified atom stereocenters. The maximum atomic E-state index is 8.44. The quantitative estimate of drug-likeness (QED) is 0.0634. The molecular formula is C92H76O4. The molecule has 0 aromatic heterocycles. The molecule has 0 spiro atoms. The summed E-state index contributed by atoms with van der Waals surface area (Å²) < 4.78 is 31.8. The van der Waals surface area contributed by atoms with Crippen LogP contribution < -0.4 is 18.9 Å². The van der Waals surface area contributed by atoms with Crippen molar-refractivity contribution >= 4 is 43.1 Å². The minimum absolute atomic E-state index is 0.111. The van der Waals surface area contributed by atoms with Crippen molar-refractivity contribution in [3.63, 3.8) is 0 Å². The Bertz CT molecular complexity index is 5190. The second-order valence-electron chi connectivity index (χ2n) is 26.4. The van der Waals surface area contributed by atoms with Gasteiger partial charge >= 0.3 is 0 Å². The standard InChI is InChI=1S/C92H76O4/c1-57(2)66-43-29-44-67(58(3)4)83(66)85-74-53-56-81(95-77-49-27-23-41-72(77)63-35-17-11-18-36-63)89-86(74)91(92(90(85)84-68(59(5)6)45-30-46-69(84)60(7)8)96-78-50-28-24-42-73(78)64-37-19-12-20-38-64)88-80(94-76-48-26-22-40-71(76)62-33-15-10-16-34-62)55-52-65-51-54-79(87(89)82(65)88)93-75-47-25-21-39-70(75)61-31-13-9-14-32-61/h9-60H,1-8H3. The zero-order chi connectivity index (χ0) is 65.6. The fourth-order valence-corrected chi connectivity index (χ4v) is 14.5. The Morgan fingerprint density at radius 2 is 0.490 bits per heavy atom. The number of hydrogen-bond acceptors (Lipinski definition) is 4.